The van der Waals surface area contributed by atoms with Crippen molar-refractivity contribution >= 4 is 39.9 Å². The zero-order valence-electron chi connectivity index (χ0n) is 20.7. The lowest BCUT2D eigenvalue weighted by Crippen LogP contribution is -2.36. The number of rotatable bonds is 7. The van der Waals surface area contributed by atoms with E-state index in [1.807, 2.05) is 0 Å². The van der Waals surface area contributed by atoms with Gasteiger partial charge in [0.15, 0.2) is 11.9 Å². The number of carbonyl (C=O) groups excluding carboxylic acids is 1. The fourth-order valence-electron chi connectivity index (χ4n) is 4.89. The third kappa shape index (κ3) is 4.71. The molecular formula is C27H23ClF3N5O3. The van der Waals surface area contributed by atoms with Crippen LogP contribution in [0, 0.1) is 5.92 Å². The molecule has 3 N–H and O–H groups in total. The van der Waals surface area contributed by atoms with Gasteiger partial charge in [0, 0.05) is 42.4 Å². The van der Waals surface area contributed by atoms with Crippen LogP contribution in [0.25, 0.3) is 22.3 Å². The number of anilines is 2. The smallest absolute Gasteiger partial charge is 0.425 e. The van der Waals surface area contributed by atoms with Crippen molar-refractivity contribution in [1.29, 1.82) is 0 Å². The van der Waals surface area contributed by atoms with Gasteiger partial charge in [0.1, 0.15) is 5.52 Å². The van der Waals surface area contributed by atoms with Crippen LogP contribution in [0.2, 0.25) is 5.02 Å². The first-order chi connectivity index (χ1) is 18.7. The highest BCUT2D eigenvalue weighted by Crippen LogP contribution is 2.44. The molecule has 1 aromatic carbocycles. The van der Waals surface area contributed by atoms with E-state index in [9.17, 15) is 18.0 Å². The number of H-pyrrole nitrogens is 1. The van der Waals surface area contributed by atoms with Crippen LogP contribution in [0.5, 0.6) is 11.6 Å². The van der Waals surface area contributed by atoms with Crippen LogP contribution in [0.4, 0.5) is 24.5 Å². The quantitative estimate of drug-likeness (QED) is 0.256. The van der Waals surface area contributed by atoms with Crippen LogP contribution in [0.3, 0.4) is 0 Å². The maximum atomic E-state index is 13.6. The van der Waals surface area contributed by atoms with E-state index in [2.05, 4.69) is 25.6 Å². The molecule has 4 aromatic rings. The molecule has 202 valence electrons. The number of aromatic amines is 1. The summed E-state index contributed by atoms with van der Waals surface area (Å²) in [7, 11) is 1.49. The van der Waals surface area contributed by atoms with E-state index in [1.165, 1.54) is 13.2 Å². The number of alkyl halides is 3. The molecule has 3 aromatic heterocycles. The van der Waals surface area contributed by atoms with Gasteiger partial charge < -0.3 is 25.1 Å². The first-order valence-electron chi connectivity index (χ1n) is 12.4. The second kappa shape index (κ2) is 9.64. The molecule has 1 aliphatic heterocycles. The molecule has 1 fully saturated rings. The average Bonchev–Trinajstić information content (AvgIpc) is 3.67. The second-order valence-electron chi connectivity index (χ2n) is 9.47. The molecular weight excluding hydrogens is 535 g/mol. The van der Waals surface area contributed by atoms with Crippen molar-refractivity contribution in [3.05, 3.63) is 58.9 Å². The highest BCUT2D eigenvalue weighted by molar-refractivity contribution is 6.32. The number of benzene rings is 1. The molecule has 12 heteroatoms. The summed E-state index contributed by atoms with van der Waals surface area (Å²) in [4.78, 5) is 25.1. The zero-order chi connectivity index (χ0) is 27.3. The van der Waals surface area contributed by atoms with E-state index in [1.54, 1.807) is 36.5 Å². The fraction of sp³-hybridized carbons (Fsp3) is 0.296. The number of carbonyl (C=O) groups is 1. The summed E-state index contributed by atoms with van der Waals surface area (Å²) in [5.41, 5.74) is 3.94. The number of methoxy groups -OCH3 is 1. The molecule has 0 saturated heterocycles. The predicted octanol–water partition coefficient (Wildman–Crippen LogP) is 6.04. The van der Waals surface area contributed by atoms with Crippen LogP contribution in [0.15, 0.2) is 42.6 Å². The Hall–Kier alpha value is -3.99. The molecule has 2 aliphatic rings. The number of nitrogens with zero attached hydrogens (tertiary/aromatic N) is 2. The number of hydrogen-bond acceptors (Lipinski definition) is 6. The van der Waals surface area contributed by atoms with Gasteiger partial charge in [-0.25, -0.2) is 4.98 Å². The van der Waals surface area contributed by atoms with E-state index in [4.69, 9.17) is 21.1 Å². The van der Waals surface area contributed by atoms with E-state index >= 15 is 0 Å². The number of hydrogen-bond donors (Lipinski definition) is 3. The highest BCUT2D eigenvalue weighted by Gasteiger charge is 2.51. The van der Waals surface area contributed by atoms with Crippen molar-refractivity contribution in [2.24, 2.45) is 5.92 Å². The topological polar surface area (TPSA) is 101 Å². The summed E-state index contributed by atoms with van der Waals surface area (Å²) in [6.45, 7) is 0.457. The van der Waals surface area contributed by atoms with Crippen LogP contribution in [-0.2, 0) is 6.42 Å². The molecule has 0 spiro atoms. The predicted molar refractivity (Wildman–Crippen MR) is 140 cm³/mol. The van der Waals surface area contributed by atoms with Crippen molar-refractivity contribution < 1.29 is 27.4 Å². The Labute approximate surface area is 225 Å². The van der Waals surface area contributed by atoms with Gasteiger partial charge in [-0.05, 0) is 37.1 Å². The van der Waals surface area contributed by atoms with E-state index in [0.717, 1.165) is 0 Å². The monoisotopic (exact) mass is 557 g/mol. The van der Waals surface area contributed by atoms with Gasteiger partial charge in [0.05, 0.1) is 40.3 Å². The lowest BCUT2D eigenvalue weighted by atomic mass is 10.0. The number of halogens is 4. The average molecular weight is 558 g/mol. The SMILES string of the molecule is COc1c(Cl)cccc1Nc1c(-c2ccnc3ccc(OC(C4CC4)C(F)(F)F)nc23)[nH]c2c1C(=O)NCC2. The number of para-hydroxylation sites is 1. The summed E-state index contributed by atoms with van der Waals surface area (Å²) in [6, 6.07) is 9.85. The van der Waals surface area contributed by atoms with Gasteiger partial charge in [-0.15, -0.1) is 0 Å². The summed E-state index contributed by atoms with van der Waals surface area (Å²) in [5.74, 6) is -0.600. The van der Waals surface area contributed by atoms with Crippen LogP contribution < -0.4 is 20.1 Å². The minimum atomic E-state index is -4.51. The molecule has 4 heterocycles. The van der Waals surface area contributed by atoms with E-state index in [-0.39, 0.29) is 11.8 Å². The van der Waals surface area contributed by atoms with Crippen molar-refractivity contribution in [2.75, 3.05) is 19.0 Å². The second-order valence-corrected chi connectivity index (χ2v) is 9.88. The summed E-state index contributed by atoms with van der Waals surface area (Å²) in [6.07, 6.45) is -3.37. The molecule has 6 rings (SSSR count). The highest BCUT2D eigenvalue weighted by atomic mass is 35.5. The van der Waals surface area contributed by atoms with Crippen molar-refractivity contribution in [1.82, 2.24) is 20.3 Å². The Morgan fingerprint density at radius 2 is 2.00 bits per heavy atom. The van der Waals surface area contributed by atoms with Crippen LogP contribution in [0.1, 0.15) is 28.9 Å². The minimum Gasteiger partial charge on any atom is -0.493 e. The minimum absolute atomic E-state index is 0.147. The number of fused-ring (bicyclic) bond motifs is 2. The summed E-state index contributed by atoms with van der Waals surface area (Å²) < 4.78 is 51.8. The number of pyridine rings is 2. The molecule has 1 atom stereocenters. The molecule has 1 saturated carbocycles. The van der Waals surface area contributed by atoms with Crippen LogP contribution in [-0.4, -0.2) is 46.8 Å². The molecule has 1 aliphatic carbocycles. The van der Waals surface area contributed by atoms with Gasteiger partial charge >= 0.3 is 6.18 Å². The van der Waals surface area contributed by atoms with Crippen LogP contribution >= 0.6 is 11.6 Å². The van der Waals surface area contributed by atoms with E-state index in [0.29, 0.717) is 81.5 Å². The van der Waals surface area contributed by atoms with Gasteiger partial charge in [-0.3, -0.25) is 9.78 Å². The lowest BCUT2D eigenvalue weighted by molar-refractivity contribution is -0.201. The Kier molecular flexibility index (Phi) is 6.25. The molecule has 0 bridgehead atoms. The maximum absolute atomic E-state index is 13.6. The molecule has 8 nitrogen and oxygen atoms in total. The standard InChI is InChI=1S/C27H23ClF3N5O3/c1-38-24-15(28)3-2-4-18(24)35-23-20-16(10-12-33-26(20)37)34-22(23)14-9-11-32-17-7-8-19(36-21(14)17)39-25(13-5-6-13)27(29,30)31/h2-4,7-9,11,13,25,34-35H,5-6,10,12H2,1H3,(H,33,37). The normalized spacial score (nSPS) is 16.0. The zero-order valence-corrected chi connectivity index (χ0v) is 21.4. The Morgan fingerprint density at radius 1 is 1.18 bits per heavy atom. The molecule has 1 amide bonds. The molecule has 1 unspecified atom stereocenters. The van der Waals surface area contributed by atoms with Gasteiger partial charge in [-0.1, -0.05) is 17.7 Å². The van der Waals surface area contributed by atoms with Gasteiger partial charge in [0.2, 0.25) is 5.88 Å². The van der Waals surface area contributed by atoms with Crippen molar-refractivity contribution in [2.45, 2.75) is 31.5 Å². The number of ether oxygens (including phenoxy) is 2. The first-order valence-corrected chi connectivity index (χ1v) is 12.7. The van der Waals surface area contributed by atoms with Gasteiger partial charge in [-0.2, -0.15) is 13.2 Å². The van der Waals surface area contributed by atoms with Crippen molar-refractivity contribution in [3.63, 3.8) is 0 Å². The summed E-state index contributed by atoms with van der Waals surface area (Å²) in [5, 5.41) is 6.53. The first kappa shape index (κ1) is 25.3. The largest absolute Gasteiger partial charge is 0.493 e. The Bertz CT molecular complexity index is 1590. The number of amides is 1. The van der Waals surface area contributed by atoms with Crippen molar-refractivity contribution in [3.8, 4) is 22.9 Å². The fourth-order valence-corrected chi connectivity index (χ4v) is 5.14. The lowest BCUT2D eigenvalue weighted by Gasteiger charge is -2.21. The van der Waals surface area contributed by atoms with Gasteiger partial charge in [0.25, 0.3) is 5.91 Å². The van der Waals surface area contributed by atoms with E-state index < -0.39 is 18.2 Å². The Morgan fingerprint density at radius 3 is 2.74 bits per heavy atom. The third-order valence-corrected chi connectivity index (χ3v) is 7.14. The summed E-state index contributed by atoms with van der Waals surface area (Å²) >= 11 is 6.33. The molecule has 0 radical (unpaired) electrons. The maximum Gasteiger partial charge on any atom is 0.425 e. The Balaban J connectivity index is 1.49. The third-order valence-electron chi connectivity index (χ3n) is 6.84. The molecule has 39 heavy (non-hydrogen) atoms. The number of nitrogens with one attached hydrogen (secondary N) is 3. The number of aromatic nitrogens is 3.